The largest absolute Gasteiger partial charge is 0.309 e. The zero-order valence-electron chi connectivity index (χ0n) is 9.95. The molecule has 1 aromatic heterocycles. The molecule has 0 amide bonds. The standard InChI is InChI=1S/C12H14BrFN4/c1-2-15-11(12-7-16-18-17-12)6-8-3-4-10(14)9(13)5-8/h3-5,7,11,15H,2,6H2,1H3,(H,16,17,18). The third-order valence-corrected chi connectivity index (χ3v) is 3.27. The van der Waals surface area contributed by atoms with Crippen molar-refractivity contribution < 1.29 is 4.39 Å². The maximum absolute atomic E-state index is 13.2. The zero-order valence-corrected chi connectivity index (χ0v) is 11.5. The van der Waals surface area contributed by atoms with Gasteiger partial charge in [0.2, 0.25) is 0 Å². The molecule has 1 atom stereocenters. The Kier molecular flexibility index (Phi) is 4.43. The second kappa shape index (κ2) is 6.06. The van der Waals surface area contributed by atoms with E-state index < -0.39 is 0 Å². The molecule has 0 saturated carbocycles. The predicted molar refractivity (Wildman–Crippen MR) is 70.6 cm³/mol. The molecule has 4 nitrogen and oxygen atoms in total. The molecule has 0 fully saturated rings. The Balaban J connectivity index is 2.16. The first-order valence-electron chi connectivity index (χ1n) is 5.73. The van der Waals surface area contributed by atoms with Crippen LogP contribution in [0, 0.1) is 5.82 Å². The molecular formula is C12H14BrFN4. The molecule has 0 bridgehead atoms. The molecule has 6 heteroatoms. The van der Waals surface area contributed by atoms with Gasteiger partial charge in [0.1, 0.15) is 5.82 Å². The Morgan fingerprint density at radius 2 is 2.33 bits per heavy atom. The quantitative estimate of drug-likeness (QED) is 0.892. The Bertz CT molecular complexity index is 501. The number of hydrogen-bond donors (Lipinski definition) is 2. The summed E-state index contributed by atoms with van der Waals surface area (Å²) in [5.41, 5.74) is 1.90. The summed E-state index contributed by atoms with van der Waals surface area (Å²) in [6, 6.07) is 5.11. The van der Waals surface area contributed by atoms with Crippen LogP contribution in [0.3, 0.4) is 0 Å². The molecule has 0 aliphatic heterocycles. The van der Waals surface area contributed by atoms with Crippen molar-refractivity contribution in [1.82, 2.24) is 20.7 Å². The van der Waals surface area contributed by atoms with Crippen LogP contribution in [0.5, 0.6) is 0 Å². The molecule has 0 aliphatic carbocycles. The molecule has 1 heterocycles. The summed E-state index contributed by atoms with van der Waals surface area (Å²) in [7, 11) is 0. The van der Waals surface area contributed by atoms with E-state index >= 15 is 0 Å². The van der Waals surface area contributed by atoms with Gasteiger partial charge in [0.05, 0.1) is 22.4 Å². The van der Waals surface area contributed by atoms with Crippen molar-refractivity contribution in [3.8, 4) is 0 Å². The fourth-order valence-electron chi connectivity index (χ4n) is 1.81. The molecule has 2 N–H and O–H groups in total. The van der Waals surface area contributed by atoms with Crippen LogP contribution >= 0.6 is 15.9 Å². The minimum Gasteiger partial charge on any atom is -0.309 e. The van der Waals surface area contributed by atoms with Crippen molar-refractivity contribution in [2.45, 2.75) is 19.4 Å². The minimum atomic E-state index is -0.250. The summed E-state index contributed by atoms with van der Waals surface area (Å²) in [4.78, 5) is 0. The molecule has 96 valence electrons. The highest BCUT2D eigenvalue weighted by molar-refractivity contribution is 9.10. The summed E-state index contributed by atoms with van der Waals surface area (Å²) in [5, 5.41) is 13.8. The second-order valence-corrected chi connectivity index (χ2v) is 4.81. The third-order valence-electron chi connectivity index (χ3n) is 2.67. The highest BCUT2D eigenvalue weighted by Crippen LogP contribution is 2.21. The molecule has 2 rings (SSSR count). The van der Waals surface area contributed by atoms with Crippen LogP contribution in [0.15, 0.2) is 28.9 Å². The molecule has 0 spiro atoms. The average molecular weight is 313 g/mol. The van der Waals surface area contributed by atoms with E-state index in [1.54, 1.807) is 18.3 Å². The van der Waals surface area contributed by atoms with E-state index in [4.69, 9.17) is 0 Å². The second-order valence-electron chi connectivity index (χ2n) is 3.96. The molecule has 1 unspecified atom stereocenters. The zero-order chi connectivity index (χ0) is 13.0. The number of rotatable bonds is 5. The van der Waals surface area contributed by atoms with Gasteiger partial charge in [-0.05, 0) is 46.6 Å². The van der Waals surface area contributed by atoms with E-state index in [0.717, 1.165) is 24.2 Å². The van der Waals surface area contributed by atoms with Crippen molar-refractivity contribution in [1.29, 1.82) is 0 Å². The van der Waals surface area contributed by atoms with E-state index in [0.29, 0.717) is 4.47 Å². The molecule has 0 saturated heterocycles. The number of hydrogen-bond acceptors (Lipinski definition) is 3. The number of likely N-dealkylation sites (N-methyl/N-ethyl adjacent to an activating group) is 1. The van der Waals surface area contributed by atoms with E-state index in [-0.39, 0.29) is 11.9 Å². The summed E-state index contributed by atoms with van der Waals surface area (Å²) in [5.74, 6) is -0.250. The van der Waals surface area contributed by atoms with Gasteiger partial charge in [0.15, 0.2) is 0 Å². The maximum atomic E-state index is 13.2. The first kappa shape index (κ1) is 13.2. The number of halogens is 2. The topological polar surface area (TPSA) is 53.6 Å². The molecule has 18 heavy (non-hydrogen) atoms. The monoisotopic (exact) mass is 312 g/mol. The summed E-state index contributed by atoms with van der Waals surface area (Å²) in [6.07, 6.45) is 2.44. The van der Waals surface area contributed by atoms with Crippen LogP contribution in [0.2, 0.25) is 0 Å². The van der Waals surface area contributed by atoms with Gasteiger partial charge in [-0.3, -0.25) is 0 Å². The van der Waals surface area contributed by atoms with Gasteiger partial charge in [0.25, 0.3) is 0 Å². The predicted octanol–water partition coefficient (Wildman–Crippen LogP) is 2.60. The highest BCUT2D eigenvalue weighted by atomic mass is 79.9. The van der Waals surface area contributed by atoms with Crippen LogP contribution in [-0.2, 0) is 6.42 Å². The molecule has 0 radical (unpaired) electrons. The average Bonchev–Trinajstić information content (AvgIpc) is 2.87. The Morgan fingerprint density at radius 1 is 1.50 bits per heavy atom. The fourth-order valence-corrected chi connectivity index (χ4v) is 2.23. The lowest BCUT2D eigenvalue weighted by Gasteiger charge is -2.15. The lowest BCUT2D eigenvalue weighted by molar-refractivity contribution is 0.534. The Hall–Kier alpha value is -1.27. The van der Waals surface area contributed by atoms with E-state index in [9.17, 15) is 4.39 Å². The van der Waals surface area contributed by atoms with Crippen LogP contribution in [0.1, 0.15) is 24.2 Å². The van der Waals surface area contributed by atoms with Gasteiger partial charge in [-0.15, -0.1) is 0 Å². The first-order chi connectivity index (χ1) is 8.70. The van der Waals surface area contributed by atoms with Crippen molar-refractivity contribution in [3.63, 3.8) is 0 Å². The lowest BCUT2D eigenvalue weighted by atomic mass is 10.0. The highest BCUT2D eigenvalue weighted by Gasteiger charge is 2.14. The minimum absolute atomic E-state index is 0.0751. The van der Waals surface area contributed by atoms with Gasteiger partial charge < -0.3 is 5.32 Å². The van der Waals surface area contributed by atoms with Gasteiger partial charge in [-0.1, -0.05) is 13.0 Å². The van der Waals surface area contributed by atoms with Crippen LogP contribution in [-0.4, -0.2) is 22.0 Å². The maximum Gasteiger partial charge on any atom is 0.137 e. The Labute approximate surface area is 113 Å². The van der Waals surface area contributed by atoms with Gasteiger partial charge in [-0.25, -0.2) is 4.39 Å². The van der Waals surface area contributed by atoms with Gasteiger partial charge in [-0.2, -0.15) is 15.4 Å². The Morgan fingerprint density at radius 3 is 2.94 bits per heavy atom. The van der Waals surface area contributed by atoms with E-state index in [1.165, 1.54) is 6.07 Å². The lowest BCUT2D eigenvalue weighted by Crippen LogP contribution is -2.23. The summed E-state index contributed by atoms with van der Waals surface area (Å²) >= 11 is 3.19. The number of nitrogens with zero attached hydrogens (tertiary/aromatic N) is 2. The van der Waals surface area contributed by atoms with Gasteiger partial charge in [0, 0.05) is 0 Å². The van der Waals surface area contributed by atoms with Crippen LogP contribution < -0.4 is 5.32 Å². The summed E-state index contributed by atoms with van der Waals surface area (Å²) < 4.78 is 13.6. The van der Waals surface area contributed by atoms with Crippen molar-refractivity contribution >= 4 is 15.9 Å². The molecule has 2 aromatic rings. The fraction of sp³-hybridized carbons (Fsp3) is 0.333. The van der Waals surface area contributed by atoms with Gasteiger partial charge >= 0.3 is 0 Å². The summed E-state index contributed by atoms with van der Waals surface area (Å²) in [6.45, 7) is 2.87. The third kappa shape index (κ3) is 3.14. The number of H-pyrrole nitrogens is 1. The SMILES string of the molecule is CCNC(Cc1ccc(F)c(Br)c1)c1cn[nH]n1. The van der Waals surface area contributed by atoms with Crippen LogP contribution in [0.25, 0.3) is 0 Å². The van der Waals surface area contributed by atoms with Crippen molar-refractivity contribution in [3.05, 3.63) is 45.9 Å². The normalized spacial score (nSPS) is 12.6. The molecule has 0 aliphatic rings. The number of benzene rings is 1. The molecule has 1 aromatic carbocycles. The van der Waals surface area contributed by atoms with Crippen LogP contribution in [0.4, 0.5) is 4.39 Å². The van der Waals surface area contributed by atoms with E-state index in [1.807, 2.05) is 6.92 Å². The first-order valence-corrected chi connectivity index (χ1v) is 6.53. The number of nitrogens with one attached hydrogen (secondary N) is 2. The van der Waals surface area contributed by atoms with E-state index in [2.05, 4.69) is 36.7 Å². The van der Waals surface area contributed by atoms with Crippen molar-refractivity contribution in [2.24, 2.45) is 0 Å². The molecular weight excluding hydrogens is 299 g/mol. The smallest absolute Gasteiger partial charge is 0.137 e. The number of aromatic nitrogens is 3. The number of aromatic amines is 1. The van der Waals surface area contributed by atoms with Crippen molar-refractivity contribution in [2.75, 3.05) is 6.54 Å².